The number of para-hydroxylation sites is 1. The first-order valence-electron chi connectivity index (χ1n) is 11.8. The largest absolute Gasteiger partial charge is 0.275 e. The van der Waals surface area contributed by atoms with Gasteiger partial charge in [-0.05, 0) is 48.0 Å². The highest BCUT2D eigenvalue weighted by Gasteiger charge is 2.41. The summed E-state index contributed by atoms with van der Waals surface area (Å²) >= 11 is 7.71. The first-order valence-corrected chi connectivity index (χ1v) is 13.0. The second-order valence-corrected chi connectivity index (χ2v) is 10.0. The van der Waals surface area contributed by atoms with Crippen LogP contribution in [-0.4, -0.2) is 20.7 Å². The van der Waals surface area contributed by atoms with Crippen molar-refractivity contribution in [3.05, 3.63) is 137 Å². The molecule has 1 fully saturated rings. The normalized spacial score (nSPS) is 16.5. The minimum atomic E-state index is -0.361. The van der Waals surface area contributed by atoms with E-state index in [0.717, 1.165) is 28.1 Å². The molecule has 6 rings (SSSR count). The fourth-order valence-electron chi connectivity index (χ4n) is 4.32. The zero-order valence-corrected chi connectivity index (χ0v) is 21.2. The van der Waals surface area contributed by atoms with Gasteiger partial charge in [0.15, 0.2) is 0 Å². The Hall–Kier alpha value is -4.13. The molecule has 1 atom stereocenters. The topological polar surface area (TPSA) is 51.0 Å². The van der Waals surface area contributed by atoms with Gasteiger partial charge in [-0.3, -0.25) is 9.69 Å². The van der Waals surface area contributed by atoms with Gasteiger partial charge in [-0.2, -0.15) is 5.10 Å². The van der Waals surface area contributed by atoms with Crippen molar-refractivity contribution in [2.24, 2.45) is 0 Å². The maximum Gasteiger partial charge on any atom is 0.267 e. The quantitative estimate of drug-likeness (QED) is 0.226. The van der Waals surface area contributed by atoms with E-state index >= 15 is 0 Å². The molecule has 1 aliphatic rings. The zero-order valence-electron chi connectivity index (χ0n) is 19.6. The summed E-state index contributed by atoms with van der Waals surface area (Å²) in [7, 11) is 0. The van der Waals surface area contributed by atoms with Crippen molar-refractivity contribution in [3.63, 3.8) is 0 Å². The number of halogens is 1. The summed E-state index contributed by atoms with van der Waals surface area (Å²) in [6.07, 6.45) is 5.61. The van der Waals surface area contributed by atoms with Crippen LogP contribution < -0.4 is 4.90 Å². The number of rotatable bonds is 5. The van der Waals surface area contributed by atoms with Crippen molar-refractivity contribution in [1.29, 1.82) is 0 Å². The Kier molecular flexibility index (Phi) is 6.35. The van der Waals surface area contributed by atoms with E-state index in [1.54, 1.807) is 11.1 Å². The summed E-state index contributed by atoms with van der Waals surface area (Å²) < 4.78 is 1.87. The van der Waals surface area contributed by atoms with Crippen LogP contribution in [-0.2, 0) is 4.79 Å². The molecule has 0 N–H and O–H groups in total. The van der Waals surface area contributed by atoms with E-state index in [-0.39, 0.29) is 11.3 Å². The van der Waals surface area contributed by atoms with E-state index in [1.165, 1.54) is 11.8 Å². The molecule has 0 aliphatic carbocycles. The molecule has 0 radical (unpaired) electrons. The Balaban J connectivity index is 1.51. The minimum Gasteiger partial charge on any atom is -0.275 e. The van der Waals surface area contributed by atoms with Crippen molar-refractivity contribution in [1.82, 2.24) is 14.8 Å². The molecule has 3 heterocycles. The molecule has 180 valence electrons. The SMILES string of the molecule is O=C1C(=Cc2cccc(Cl)c2)SC(c2cn(-c3ccccc3)nc2-c2ccccc2)N1c1ccccn1. The van der Waals surface area contributed by atoms with Gasteiger partial charge in [0, 0.05) is 28.5 Å². The third kappa shape index (κ3) is 4.69. The first kappa shape index (κ1) is 23.3. The second kappa shape index (κ2) is 10.1. The molecule has 0 spiro atoms. The fourth-order valence-corrected chi connectivity index (χ4v) is 5.77. The fraction of sp³-hybridized carbons (Fsp3) is 0.0333. The molecular weight excluding hydrogens is 500 g/mol. The lowest BCUT2D eigenvalue weighted by Crippen LogP contribution is -2.28. The molecule has 3 aromatic carbocycles. The average molecular weight is 521 g/mol. The third-order valence-electron chi connectivity index (χ3n) is 6.02. The lowest BCUT2D eigenvalue weighted by molar-refractivity contribution is -0.114. The number of pyridine rings is 1. The van der Waals surface area contributed by atoms with Crippen molar-refractivity contribution in [3.8, 4) is 16.9 Å². The summed E-state index contributed by atoms with van der Waals surface area (Å²) in [5, 5.41) is 5.24. The third-order valence-corrected chi connectivity index (χ3v) is 7.49. The van der Waals surface area contributed by atoms with Crippen LogP contribution in [0.15, 0.2) is 120 Å². The summed E-state index contributed by atoms with van der Waals surface area (Å²) in [6, 6.07) is 33.1. The van der Waals surface area contributed by atoms with E-state index in [9.17, 15) is 4.79 Å². The van der Waals surface area contributed by atoms with Crippen LogP contribution in [0.5, 0.6) is 0 Å². The number of amides is 1. The number of carbonyl (C=O) groups excluding carboxylic acids is 1. The van der Waals surface area contributed by atoms with Crippen LogP contribution in [0.4, 0.5) is 5.82 Å². The highest BCUT2D eigenvalue weighted by Crippen LogP contribution is 2.50. The van der Waals surface area contributed by atoms with Gasteiger partial charge in [0.25, 0.3) is 5.91 Å². The molecule has 1 saturated heterocycles. The predicted molar refractivity (Wildman–Crippen MR) is 150 cm³/mol. The average Bonchev–Trinajstić information content (AvgIpc) is 3.52. The Morgan fingerprint density at radius 1 is 0.865 bits per heavy atom. The van der Waals surface area contributed by atoms with E-state index in [0.29, 0.717) is 15.7 Å². The number of thioether (sulfide) groups is 1. The van der Waals surface area contributed by atoms with Crippen molar-refractivity contribution >= 4 is 41.2 Å². The molecule has 2 aromatic heterocycles. The maximum atomic E-state index is 13.8. The Morgan fingerprint density at radius 3 is 2.35 bits per heavy atom. The molecular formula is C30H21ClN4OS. The van der Waals surface area contributed by atoms with Gasteiger partial charge in [0.05, 0.1) is 16.3 Å². The van der Waals surface area contributed by atoms with Gasteiger partial charge in [0.2, 0.25) is 0 Å². The summed E-state index contributed by atoms with van der Waals surface area (Å²) in [5.41, 5.74) is 4.54. The number of hydrogen-bond donors (Lipinski definition) is 0. The van der Waals surface area contributed by atoms with Gasteiger partial charge >= 0.3 is 0 Å². The number of benzene rings is 3. The number of carbonyl (C=O) groups is 1. The minimum absolute atomic E-state index is 0.111. The zero-order chi connectivity index (χ0) is 25.2. The molecule has 0 saturated carbocycles. The number of aromatic nitrogens is 3. The van der Waals surface area contributed by atoms with Crippen LogP contribution in [0.2, 0.25) is 5.02 Å². The molecule has 7 heteroatoms. The number of nitrogens with zero attached hydrogens (tertiary/aromatic N) is 4. The van der Waals surface area contributed by atoms with E-state index < -0.39 is 0 Å². The molecule has 37 heavy (non-hydrogen) atoms. The molecule has 1 amide bonds. The lowest BCUT2D eigenvalue weighted by Gasteiger charge is -2.22. The highest BCUT2D eigenvalue weighted by molar-refractivity contribution is 8.05. The van der Waals surface area contributed by atoms with Crippen LogP contribution in [0.3, 0.4) is 0 Å². The van der Waals surface area contributed by atoms with E-state index in [2.05, 4.69) is 4.98 Å². The maximum absolute atomic E-state index is 13.8. The Bertz CT molecular complexity index is 1590. The molecule has 5 nitrogen and oxygen atoms in total. The van der Waals surface area contributed by atoms with Crippen LogP contribution in [0.1, 0.15) is 16.5 Å². The van der Waals surface area contributed by atoms with E-state index in [1.807, 2.05) is 120 Å². The Labute approximate surface area is 224 Å². The summed E-state index contributed by atoms with van der Waals surface area (Å²) in [5.74, 6) is 0.478. The first-order chi connectivity index (χ1) is 18.2. The predicted octanol–water partition coefficient (Wildman–Crippen LogP) is 7.41. The highest BCUT2D eigenvalue weighted by atomic mass is 35.5. The monoisotopic (exact) mass is 520 g/mol. The Morgan fingerprint density at radius 2 is 1.62 bits per heavy atom. The summed E-state index contributed by atoms with van der Waals surface area (Å²) in [4.78, 5) is 20.7. The molecule has 1 aliphatic heterocycles. The van der Waals surface area contributed by atoms with E-state index in [4.69, 9.17) is 16.7 Å². The van der Waals surface area contributed by atoms with Gasteiger partial charge in [-0.15, -0.1) is 0 Å². The van der Waals surface area contributed by atoms with Crippen LogP contribution >= 0.6 is 23.4 Å². The second-order valence-electron chi connectivity index (χ2n) is 8.48. The van der Waals surface area contributed by atoms with Crippen LogP contribution in [0.25, 0.3) is 23.0 Å². The van der Waals surface area contributed by atoms with Gasteiger partial charge < -0.3 is 0 Å². The molecule has 0 bridgehead atoms. The molecule has 5 aromatic rings. The van der Waals surface area contributed by atoms with Crippen LogP contribution in [0, 0.1) is 0 Å². The van der Waals surface area contributed by atoms with Gasteiger partial charge in [-0.1, -0.05) is 90.1 Å². The molecule has 1 unspecified atom stereocenters. The van der Waals surface area contributed by atoms with Crippen molar-refractivity contribution < 1.29 is 4.79 Å². The van der Waals surface area contributed by atoms with Crippen molar-refractivity contribution in [2.45, 2.75) is 5.37 Å². The standard InChI is InChI=1S/C30H21ClN4OS/c31-23-13-9-10-21(18-23)19-26-29(36)35(27-16-7-8-17-32-27)30(37-26)25-20-34(24-14-5-2-6-15-24)33-28(25)22-11-3-1-4-12-22/h1-20,30H. The number of anilines is 1. The van der Waals surface area contributed by atoms with Gasteiger partial charge in [-0.25, -0.2) is 9.67 Å². The smallest absolute Gasteiger partial charge is 0.267 e. The lowest BCUT2D eigenvalue weighted by atomic mass is 10.1. The number of hydrogen-bond acceptors (Lipinski definition) is 4. The van der Waals surface area contributed by atoms with Crippen molar-refractivity contribution in [2.75, 3.05) is 4.90 Å². The van der Waals surface area contributed by atoms with Gasteiger partial charge in [0.1, 0.15) is 11.2 Å². The summed E-state index contributed by atoms with van der Waals surface area (Å²) in [6.45, 7) is 0.